The van der Waals surface area contributed by atoms with E-state index >= 15 is 0 Å². The Morgan fingerprint density at radius 3 is 2.21 bits per heavy atom. The highest BCUT2D eigenvalue weighted by atomic mass is 32.2. The van der Waals surface area contributed by atoms with Crippen LogP contribution in [0.25, 0.3) is 0 Å². The van der Waals surface area contributed by atoms with Crippen LogP contribution in [0.1, 0.15) is 11.1 Å². The topological polar surface area (TPSA) is 93.7 Å². The van der Waals surface area contributed by atoms with Crippen LogP contribution in [0.5, 0.6) is 0 Å². The van der Waals surface area contributed by atoms with Gasteiger partial charge < -0.3 is 15.0 Å². The number of hydrogen-bond acceptors (Lipinski definition) is 6. The highest BCUT2D eigenvalue weighted by Crippen LogP contribution is 2.50. The Hall–Kier alpha value is -2.88. The molecular weight excluding hydrogens is 560 g/mol. The Morgan fingerprint density at radius 2 is 1.66 bits per heavy atom. The number of H-pyrrole nitrogens is 1. The lowest BCUT2D eigenvalue weighted by Crippen LogP contribution is -2.55. The van der Waals surface area contributed by atoms with E-state index in [0.717, 1.165) is 23.5 Å². The number of aromatic nitrogens is 1. The molecule has 0 saturated carbocycles. The fraction of sp³-hybridized carbons (Fsp3) is 0.348. The van der Waals surface area contributed by atoms with Gasteiger partial charge in [-0.3, -0.25) is 4.79 Å². The van der Waals surface area contributed by atoms with Crippen molar-refractivity contribution in [2.75, 3.05) is 24.5 Å². The van der Waals surface area contributed by atoms with Gasteiger partial charge in [0, 0.05) is 49.2 Å². The lowest BCUT2D eigenvalue weighted by molar-refractivity contribution is -0.376. The van der Waals surface area contributed by atoms with E-state index in [1.54, 1.807) is 22.4 Å². The van der Waals surface area contributed by atoms with Crippen molar-refractivity contribution in [1.82, 2.24) is 9.29 Å². The number of pyridine rings is 1. The predicted molar refractivity (Wildman–Crippen MR) is 127 cm³/mol. The average molecular weight is 582 g/mol. The van der Waals surface area contributed by atoms with E-state index in [2.05, 4.69) is 4.98 Å². The maximum atomic E-state index is 13.3. The van der Waals surface area contributed by atoms with Gasteiger partial charge in [-0.05, 0) is 41.6 Å². The van der Waals surface area contributed by atoms with Gasteiger partial charge >= 0.3 is 12.4 Å². The van der Waals surface area contributed by atoms with E-state index in [0.29, 0.717) is 17.7 Å². The second kappa shape index (κ2) is 10.0. The van der Waals surface area contributed by atoms with Gasteiger partial charge in [-0.25, -0.2) is 8.42 Å². The van der Waals surface area contributed by atoms with Crippen LogP contribution < -0.4 is 10.5 Å². The van der Waals surface area contributed by atoms with Gasteiger partial charge in [0.2, 0.25) is 5.56 Å². The molecule has 0 aliphatic carbocycles. The van der Waals surface area contributed by atoms with Crippen molar-refractivity contribution in [3.05, 3.63) is 81.6 Å². The molecule has 3 heterocycles. The minimum atomic E-state index is -6.02. The average Bonchev–Trinajstić information content (AvgIpc) is 3.38. The molecule has 1 aromatic carbocycles. The standard InChI is InChI=1S/C23H21F6N3O4S2/c24-22(25,26)21(34,23(27,28)29)16-3-5-17(6-4-16)32-10-9-31(38(35,36)20-2-1-11-37-20)14-18(32)12-15-7-8-30-19(33)13-15/h1-8,11,13,18,34H,9-10,12,14H2,(H,30,33)/t18-/m0/s1. The first-order valence-corrected chi connectivity index (χ1v) is 13.4. The largest absolute Gasteiger partial charge is 0.430 e. The fourth-order valence-corrected chi connectivity index (χ4v) is 6.98. The second-order valence-electron chi connectivity index (χ2n) is 8.66. The number of rotatable bonds is 6. The Labute approximate surface area is 217 Å². The van der Waals surface area contributed by atoms with E-state index in [1.807, 2.05) is 0 Å². The summed E-state index contributed by atoms with van der Waals surface area (Å²) in [4.78, 5) is 15.9. The third-order valence-electron chi connectivity index (χ3n) is 6.28. The van der Waals surface area contributed by atoms with Gasteiger partial charge in [-0.15, -0.1) is 11.3 Å². The van der Waals surface area contributed by atoms with Gasteiger partial charge in [0.05, 0.1) is 0 Å². The van der Waals surface area contributed by atoms with Gasteiger partial charge in [0.1, 0.15) is 4.21 Å². The number of hydrogen-bond donors (Lipinski definition) is 2. The monoisotopic (exact) mass is 581 g/mol. The molecule has 206 valence electrons. The van der Waals surface area contributed by atoms with Crippen molar-refractivity contribution < 1.29 is 39.9 Å². The first-order chi connectivity index (χ1) is 17.6. The molecule has 1 fully saturated rings. The summed E-state index contributed by atoms with van der Waals surface area (Å²) in [5, 5.41) is 11.3. The number of alkyl halides is 6. The van der Waals surface area contributed by atoms with Gasteiger partial charge in [-0.1, -0.05) is 18.2 Å². The van der Waals surface area contributed by atoms with Crippen LogP contribution >= 0.6 is 11.3 Å². The molecule has 1 atom stereocenters. The molecule has 0 unspecified atom stereocenters. The third kappa shape index (κ3) is 5.19. The van der Waals surface area contributed by atoms with Gasteiger partial charge in [-0.2, -0.15) is 30.6 Å². The van der Waals surface area contributed by atoms with Crippen LogP contribution in [-0.4, -0.2) is 60.8 Å². The lowest BCUT2D eigenvalue weighted by Gasteiger charge is -2.42. The molecule has 4 rings (SSSR count). The molecule has 0 radical (unpaired) electrons. The van der Waals surface area contributed by atoms with Crippen LogP contribution in [0.3, 0.4) is 0 Å². The number of thiophene rings is 1. The zero-order valence-corrected chi connectivity index (χ0v) is 21.0. The summed E-state index contributed by atoms with van der Waals surface area (Å²) in [6.45, 7) is 0.0212. The maximum Gasteiger partial charge on any atom is 0.430 e. The molecule has 38 heavy (non-hydrogen) atoms. The number of halogens is 6. The third-order valence-corrected chi connectivity index (χ3v) is 9.52. The van der Waals surface area contributed by atoms with Crippen molar-refractivity contribution in [3.8, 4) is 0 Å². The quantitative estimate of drug-likeness (QED) is 0.432. The lowest BCUT2D eigenvalue weighted by atomic mass is 9.92. The molecule has 15 heteroatoms. The van der Waals surface area contributed by atoms with Crippen molar-refractivity contribution in [3.63, 3.8) is 0 Å². The van der Waals surface area contributed by atoms with E-state index in [4.69, 9.17) is 0 Å². The number of benzene rings is 1. The molecule has 7 nitrogen and oxygen atoms in total. The minimum absolute atomic E-state index is 0.00287. The van der Waals surface area contributed by atoms with Crippen LogP contribution in [0, 0.1) is 0 Å². The molecule has 0 amide bonds. The number of piperazine rings is 1. The molecule has 1 saturated heterocycles. The van der Waals surface area contributed by atoms with Crippen LogP contribution in [0.15, 0.2) is 69.1 Å². The van der Waals surface area contributed by atoms with Gasteiger partial charge in [0.15, 0.2) is 0 Å². The van der Waals surface area contributed by atoms with E-state index in [9.17, 15) is 44.7 Å². The Balaban J connectivity index is 1.68. The molecule has 3 aromatic rings. The van der Waals surface area contributed by atoms with Crippen LogP contribution in [0.2, 0.25) is 0 Å². The highest BCUT2D eigenvalue weighted by Gasteiger charge is 2.71. The minimum Gasteiger partial charge on any atom is -0.369 e. The van der Waals surface area contributed by atoms with Crippen molar-refractivity contribution >= 4 is 27.0 Å². The smallest absolute Gasteiger partial charge is 0.369 e. The van der Waals surface area contributed by atoms with Crippen molar-refractivity contribution in [1.29, 1.82) is 0 Å². The second-order valence-corrected chi connectivity index (χ2v) is 11.8. The summed E-state index contributed by atoms with van der Waals surface area (Å²) in [6.07, 6.45) is -10.5. The fourth-order valence-electron chi connectivity index (χ4n) is 4.37. The Morgan fingerprint density at radius 1 is 1.00 bits per heavy atom. The van der Waals surface area contributed by atoms with Crippen LogP contribution in [0.4, 0.5) is 32.0 Å². The van der Waals surface area contributed by atoms with Crippen molar-refractivity contribution in [2.45, 2.75) is 34.6 Å². The first kappa shape index (κ1) is 28.1. The zero-order valence-electron chi connectivity index (χ0n) is 19.3. The summed E-state index contributed by atoms with van der Waals surface area (Å²) < 4.78 is 107. The predicted octanol–water partition coefficient (Wildman–Crippen LogP) is 3.87. The number of aromatic amines is 1. The highest BCUT2D eigenvalue weighted by molar-refractivity contribution is 7.91. The molecule has 0 bridgehead atoms. The van der Waals surface area contributed by atoms with Gasteiger partial charge in [0.25, 0.3) is 15.6 Å². The zero-order chi connectivity index (χ0) is 27.9. The molecule has 1 aliphatic rings. The van der Waals surface area contributed by atoms with E-state index < -0.39 is 45.1 Å². The van der Waals surface area contributed by atoms with Crippen molar-refractivity contribution in [2.24, 2.45) is 0 Å². The number of nitrogens with one attached hydrogen (secondary N) is 1. The normalized spacial score (nSPS) is 18.1. The number of sulfonamides is 1. The molecule has 2 aromatic heterocycles. The van der Waals surface area contributed by atoms with E-state index in [-0.39, 0.29) is 36.0 Å². The summed E-state index contributed by atoms with van der Waals surface area (Å²) >= 11 is 1.04. The molecular formula is C23H21F6N3O4S2. The Bertz CT molecular complexity index is 1410. The SMILES string of the molecule is O=c1cc(C[C@H]2CN(S(=O)(=O)c3cccs3)CCN2c2ccc(C(O)(C(F)(F)F)C(F)(F)F)cc2)cc[nH]1. The Kier molecular flexibility index (Phi) is 7.42. The molecule has 1 aliphatic heterocycles. The van der Waals surface area contributed by atoms with Crippen LogP contribution in [-0.2, 0) is 22.0 Å². The summed E-state index contributed by atoms with van der Waals surface area (Å²) in [5.74, 6) is 0. The summed E-state index contributed by atoms with van der Waals surface area (Å²) in [6, 6.07) is 8.51. The molecule has 2 N–H and O–H groups in total. The number of nitrogens with zero attached hydrogens (tertiary/aromatic N) is 2. The maximum absolute atomic E-state index is 13.3. The summed E-state index contributed by atoms with van der Waals surface area (Å²) in [7, 11) is -3.84. The van der Waals surface area contributed by atoms with E-state index in [1.165, 1.54) is 22.6 Å². The number of anilines is 1. The molecule has 0 spiro atoms. The first-order valence-electron chi connectivity index (χ1n) is 11.1. The summed E-state index contributed by atoms with van der Waals surface area (Å²) in [5.41, 5.74) is -6.07. The number of aliphatic hydroxyl groups is 1.